The normalized spacial score (nSPS) is 17.7. The number of nitrogens with one attached hydrogen (secondary N) is 2. The summed E-state index contributed by atoms with van der Waals surface area (Å²) in [4.78, 5) is 2.16. The summed E-state index contributed by atoms with van der Waals surface area (Å²) < 4.78 is 0. The number of hydrazine groups is 2. The number of nitrogens with zero attached hydrogens (tertiary/aromatic N) is 2. The average molecular weight is 201 g/mol. The molecule has 0 radical (unpaired) electrons. The number of hydrazone groups is 1. The van der Waals surface area contributed by atoms with E-state index in [2.05, 4.69) is 15.5 Å². The van der Waals surface area contributed by atoms with E-state index in [0.29, 0.717) is 5.16 Å². The van der Waals surface area contributed by atoms with Crippen LogP contribution in [0.5, 0.6) is 0 Å². The van der Waals surface area contributed by atoms with Crippen molar-refractivity contribution in [3.63, 3.8) is 0 Å². The minimum atomic E-state index is 0.247. The smallest absolute Gasteiger partial charge is 0.155 e. The molecule has 0 spiro atoms. The zero-order valence-electron chi connectivity index (χ0n) is 4.61. The Balaban J connectivity index is 2.67. The molecule has 4 nitrogen and oxygen atoms in total. The Morgan fingerprint density at radius 2 is 2.30 bits per heavy atom. The van der Waals surface area contributed by atoms with E-state index in [0.717, 1.165) is 5.23 Å². The fourth-order valence-corrected chi connectivity index (χ4v) is 0.931. The Labute approximate surface area is 72.5 Å². The van der Waals surface area contributed by atoms with Gasteiger partial charge in [-0.1, -0.05) is 23.2 Å². The van der Waals surface area contributed by atoms with Crippen molar-refractivity contribution in [1.29, 1.82) is 0 Å². The van der Waals surface area contributed by atoms with E-state index in [9.17, 15) is 0 Å². The fourth-order valence-electron chi connectivity index (χ4n) is 0.427. The Hall–Kier alpha value is -0.160. The maximum absolute atomic E-state index is 5.53. The van der Waals surface area contributed by atoms with E-state index in [-0.39, 0.29) is 5.17 Å². The molecule has 56 valence electrons. The van der Waals surface area contributed by atoms with E-state index >= 15 is 0 Å². The Morgan fingerprint density at radius 1 is 1.60 bits per heavy atom. The van der Waals surface area contributed by atoms with Crippen LogP contribution in [0.15, 0.2) is 16.3 Å². The lowest BCUT2D eigenvalue weighted by atomic mass is 10.6. The third-order valence-electron chi connectivity index (χ3n) is 0.734. The number of rotatable bonds is 1. The topological polar surface area (TPSA) is 39.7 Å². The first-order chi connectivity index (χ1) is 4.72. The van der Waals surface area contributed by atoms with Gasteiger partial charge >= 0.3 is 0 Å². The molecule has 1 aliphatic rings. The summed E-state index contributed by atoms with van der Waals surface area (Å²) in [5, 5.41) is 5.32. The quantitative estimate of drug-likeness (QED) is 0.493. The molecule has 0 aromatic carbocycles. The minimum absolute atomic E-state index is 0.247. The van der Waals surface area contributed by atoms with E-state index in [1.165, 1.54) is 6.08 Å². The van der Waals surface area contributed by atoms with E-state index in [1.54, 1.807) is 0 Å². The van der Waals surface area contributed by atoms with Crippen LogP contribution in [-0.2, 0) is 0 Å². The second kappa shape index (κ2) is 3.30. The van der Waals surface area contributed by atoms with E-state index < -0.39 is 0 Å². The second-order valence-electron chi connectivity index (χ2n) is 1.42. The minimum Gasteiger partial charge on any atom is -0.255 e. The Morgan fingerprint density at radius 3 is 2.80 bits per heavy atom. The first-order valence-electron chi connectivity index (χ1n) is 2.27. The van der Waals surface area contributed by atoms with Crippen molar-refractivity contribution < 1.29 is 0 Å². The third kappa shape index (κ3) is 1.91. The molecule has 0 aliphatic carbocycles. The van der Waals surface area contributed by atoms with Crippen LogP contribution in [0.3, 0.4) is 0 Å². The molecule has 0 saturated heterocycles. The molecule has 10 heavy (non-hydrogen) atoms. The summed E-state index contributed by atoms with van der Waals surface area (Å²) in [6.07, 6.45) is 1.45. The number of allylic oxidation sites excluding steroid dienone is 1. The van der Waals surface area contributed by atoms with Gasteiger partial charge in [0.15, 0.2) is 5.17 Å². The van der Waals surface area contributed by atoms with Gasteiger partial charge < -0.3 is 0 Å². The molecule has 1 aliphatic heterocycles. The lowest BCUT2D eigenvalue weighted by molar-refractivity contribution is 0.196. The largest absolute Gasteiger partial charge is 0.255 e. The van der Waals surface area contributed by atoms with Crippen LogP contribution in [0.1, 0.15) is 0 Å². The molecule has 0 amide bonds. The van der Waals surface area contributed by atoms with Gasteiger partial charge in [-0.15, -0.1) is 15.3 Å². The number of hydrogen-bond donors (Lipinski definition) is 2. The van der Waals surface area contributed by atoms with Gasteiger partial charge in [-0.25, -0.2) is 0 Å². The summed E-state index contributed by atoms with van der Waals surface area (Å²) in [7, 11) is 0. The van der Waals surface area contributed by atoms with Crippen LogP contribution < -0.4 is 10.4 Å². The van der Waals surface area contributed by atoms with Gasteiger partial charge in [0.2, 0.25) is 0 Å². The van der Waals surface area contributed by atoms with Gasteiger partial charge in [0, 0.05) is 6.08 Å². The van der Waals surface area contributed by atoms with Crippen molar-refractivity contribution in [1.82, 2.24) is 15.6 Å². The predicted molar refractivity (Wildman–Crippen MR) is 41.2 cm³/mol. The second-order valence-corrected chi connectivity index (χ2v) is 2.39. The first-order valence-corrected chi connectivity index (χ1v) is 3.40. The van der Waals surface area contributed by atoms with Crippen LogP contribution in [-0.4, -0.2) is 10.4 Å². The average Bonchev–Trinajstić information content (AvgIpc) is 1.85. The highest BCUT2D eigenvalue weighted by Crippen LogP contribution is 2.06. The van der Waals surface area contributed by atoms with Crippen LogP contribution in [0.2, 0.25) is 0 Å². The molecule has 7 heteroatoms. The highest BCUT2D eigenvalue weighted by atomic mass is 35.5. The Bertz CT molecular complexity index is 188. The molecule has 0 saturated carbocycles. The molecule has 0 fully saturated rings. The highest BCUT2D eigenvalue weighted by Gasteiger charge is 2.07. The van der Waals surface area contributed by atoms with Crippen LogP contribution in [0.4, 0.5) is 0 Å². The molecule has 0 aromatic rings. The lowest BCUT2D eigenvalue weighted by Crippen LogP contribution is -2.40. The van der Waals surface area contributed by atoms with Crippen molar-refractivity contribution in [2.75, 3.05) is 0 Å². The molecule has 0 unspecified atom stereocenters. The molecular weight excluding hydrogens is 198 g/mol. The summed E-state index contributed by atoms with van der Waals surface area (Å²) in [6.45, 7) is 0. The van der Waals surface area contributed by atoms with Crippen molar-refractivity contribution in [2.24, 2.45) is 5.10 Å². The van der Waals surface area contributed by atoms with Crippen molar-refractivity contribution in [3.05, 3.63) is 11.2 Å². The zero-order valence-corrected chi connectivity index (χ0v) is 6.87. The first kappa shape index (κ1) is 7.94. The maximum atomic E-state index is 5.53. The van der Waals surface area contributed by atoms with Crippen molar-refractivity contribution in [2.45, 2.75) is 0 Å². The summed E-state index contributed by atoms with van der Waals surface area (Å²) in [5.74, 6) is 0. The third-order valence-corrected chi connectivity index (χ3v) is 1.27. The highest BCUT2D eigenvalue weighted by molar-refractivity contribution is 6.69. The molecule has 0 atom stereocenters. The van der Waals surface area contributed by atoms with Crippen LogP contribution in [0.25, 0.3) is 0 Å². The molecular formula is C3H3Cl3N4. The van der Waals surface area contributed by atoms with Crippen LogP contribution in [0, 0.1) is 0 Å². The van der Waals surface area contributed by atoms with Gasteiger partial charge in [-0.05, 0) is 11.8 Å². The number of hydrogen-bond acceptors (Lipinski definition) is 4. The fraction of sp³-hybridized carbons (Fsp3) is 0. The lowest BCUT2D eigenvalue weighted by Gasteiger charge is -2.19. The van der Waals surface area contributed by atoms with E-state index in [1.807, 2.05) is 0 Å². The van der Waals surface area contributed by atoms with Gasteiger partial charge in [0.1, 0.15) is 5.16 Å². The zero-order chi connectivity index (χ0) is 7.56. The summed E-state index contributed by atoms with van der Waals surface area (Å²) in [5.41, 5.74) is 2.54. The van der Waals surface area contributed by atoms with Crippen molar-refractivity contribution >= 4 is 40.1 Å². The molecule has 0 aromatic heterocycles. The van der Waals surface area contributed by atoms with Gasteiger partial charge in [0.25, 0.3) is 0 Å². The SMILES string of the molecule is ClNN1N=C(Cl)C=C(Cl)N1. The maximum Gasteiger partial charge on any atom is 0.155 e. The number of halogens is 3. The van der Waals surface area contributed by atoms with Crippen LogP contribution >= 0.6 is 35.0 Å². The summed E-state index contributed by atoms with van der Waals surface area (Å²) >= 11 is 16.2. The Kier molecular flexibility index (Phi) is 2.62. The van der Waals surface area contributed by atoms with Gasteiger partial charge in [-0.2, -0.15) is 0 Å². The molecule has 1 rings (SSSR count). The molecule has 2 N–H and O–H groups in total. The standard InChI is InChI=1S/C3H3Cl3N4/c4-2-1-3(5)8-10(7-2)9-6/h1,7,9H. The molecule has 1 heterocycles. The predicted octanol–water partition coefficient (Wildman–Crippen LogP) is 1.10. The summed E-state index contributed by atoms with van der Waals surface area (Å²) in [6, 6.07) is 0. The van der Waals surface area contributed by atoms with Crippen molar-refractivity contribution in [3.8, 4) is 0 Å². The monoisotopic (exact) mass is 200 g/mol. The van der Waals surface area contributed by atoms with Gasteiger partial charge in [0.05, 0.1) is 0 Å². The van der Waals surface area contributed by atoms with E-state index in [4.69, 9.17) is 35.0 Å². The molecule has 0 bridgehead atoms. The van der Waals surface area contributed by atoms with Gasteiger partial charge in [-0.3, -0.25) is 5.43 Å².